The second kappa shape index (κ2) is 3.04. The summed E-state index contributed by atoms with van der Waals surface area (Å²) < 4.78 is 5.07. The minimum atomic E-state index is -0.0226. The van der Waals surface area contributed by atoms with Crippen molar-refractivity contribution in [3.05, 3.63) is 0 Å². The third-order valence-electron chi connectivity index (χ3n) is 1.93. The largest absolute Gasteiger partial charge is 0.462 e. The summed E-state index contributed by atoms with van der Waals surface area (Å²) in [7, 11) is 0. The molecule has 0 radical (unpaired) electrons. The molecule has 0 saturated carbocycles. The average molecular weight is 142 g/mol. The van der Waals surface area contributed by atoms with Crippen molar-refractivity contribution in [2.24, 2.45) is 5.92 Å². The fourth-order valence-electron chi connectivity index (χ4n) is 1.35. The molecule has 0 unspecified atom stereocenters. The number of cyclic esters (lactones) is 1. The Morgan fingerprint density at radius 3 is 2.90 bits per heavy atom. The number of carbonyl (C=O) groups excluding carboxylic acids is 1. The Morgan fingerprint density at radius 2 is 2.40 bits per heavy atom. The first-order valence-electron chi connectivity index (χ1n) is 3.91. The molecule has 0 N–H and O–H groups in total. The molecule has 2 atom stereocenters. The summed E-state index contributed by atoms with van der Waals surface area (Å²) in [6.07, 6.45) is 2.80. The van der Waals surface area contributed by atoms with Crippen LogP contribution in [0.5, 0.6) is 0 Å². The number of rotatable bonds is 1. The van der Waals surface area contributed by atoms with Crippen molar-refractivity contribution in [2.45, 2.75) is 39.2 Å². The predicted octanol–water partition coefficient (Wildman–Crippen LogP) is 1.74. The third-order valence-corrected chi connectivity index (χ3v) is 1.93. The van der Waals surface area contributed by atoms with Gasteiger partial charge >= 0.3 is 5.97 Å². The zero-order valence-electron chi connectivity index (χ0n) is 6.59. The van der Waals surface area contributed by atoms with Gasteiger partial charge in [0.05, 0.1) is 0 Å². The number of hydrogen-bond donors (Lipinski definition) is 0. The minimum Gasteiger partial charge on any atom is -0.462 e. The molecule has 10 heavy (non-hydrogen) atoms. The van der Waals surface area contributed by atoms with Gasteiger partial charge in [0.1, 0.15) is 6.10 Å². The van der Waals surface area contributed by atoms with Crippen LogP contribution < -0.4 is 0 Å². The lowest BCUT2D eigenvalue weighted by Gasteiger charge is -2.25. The third kappa shape index (κ3) is 1.72. The Balaban J connectivity index is 2.42. The van der Waals surface area contributed by atoms with Crippen molar-refractivity contribution in [2.75, 3.05) is 0 Å². The van der Waals surface area contributed by atoms with Gasteiger partial charge in [-0.2, -0.15) is 0 Å². The Hall–Kier alpha value is -0.530. The summed E-state index contributed by atoms with van der Waals surface area (Å²) in [6, 6.07) is 0. The van der Waals surface area contributed by atoms with Crippen LogP contribution in [0.2, 0.25) is 0 Å². The lowest BCUT2D eigenvalue weighted by atomic mass is 9.96. The molecule has 2 nitrogen and oxygen atoms in total. The smallest absolute Gasteiger partial charge is 0.306 e. The number of carbonyl (C=O) groups is 1. The molecule has 2 heteroatoms. The van der Waals surface area contributed by atoms with Gasteiger partial charge in [-0.25, -0.2) is 0 Å². The van der Waals surface area contributed by atoms with Crippen LogP contribution in [0.25, 0.3) is 0 Å². The van der Waals surface area contributed by atoms with Crippen LogP contribution in [-0.2, 0) is 9.53 Å². The summed E-state index contributed by atoms with van der Waals surface area (Å²) in [5.41, 5.74) is 0. The topological polar surface area (TPSA) is 26.3 Å². The number of esters is 1. The molecule has 0 amide bonds. The molecule has 1 saturated heterocycles. The van der Waals surface area contributed by atoms with Crippen LogP contribution in [-0.4, -0.2) is 12.1 Å². The van der Waals surface area contributed by atoms with E-state index in [1.165, 1.54) is 0 Å². The molecule has 0 aromatic carbocycles. The normalized spacial score (nSPS) is 33.6. The highest BCUT2D eigenvalue weighted by atomic mass is 16.5. The van der Waals surface area contributed by atoms with Gasteiger partial charge in [0.15, 0.2) is 0 Å². The van der Waals surface area contributed by atoms with Crippen molar-refractivity contribution >= 4 is 5.97 Å². The van der Waals surface area contributed by atoms with E-state index < -0.39 is 0 Å². The maximum absolute atomic E-state index is 10.8. The monoisotopic (exact) mass is 142 g/mol. The first-order chi connectivity index (χ1) is 4.72. The highest BCUT2D eigenvalue weighted by molar-refractivity contribution is 5.70. The molecule has 1 aliphatic rings. The molecule has 0 spiro atoms. The molecule has 58 valence electrons. The van der Waals surface area contributed by atoms with Crippen LogP contribution in [0.4, 0.5) is 0 Å². The van der Waals surface area contributed by atoms with Crippen molar-refractivity contribution < 1.29 is 9.53 Å². The SMILES string of the molecule is CC[C@H]1C[C@@H](C)CC(=O)O1. The van der Waals surface area contributed by atoms with Gasteiger partial charge in [-0.15, -0.1) is 0 Å². The van der Waals surface area contributed by atoms with E-state index in [-0.39, 0.29) is 12.1 Å². The molecule has 1 heterocycles. The Bertz CT molecular complexity index is 131. The summed E-state index contributed by atoms with van der Waals surface area (Å²) >= 11 is 0. The van der Waals surface area contributed by atoms with Crippen LogP contribution in [0, 0.1) is 5.92 Å². The van der Waals surface area contributed by atoms with E-state index in [1.807, 2.05) is 0 Å². The maximum Gasteiger partial charge on any atom is 0.306 e. The maximum atomic E-state index is 10.8. The highest BCUT2D eigenvalue weighted by Gasteiger charge is 2.23. The first-order valence-corrected chi connectivity index (χ1v) is 3.91. The van der Waals surface area contributed by atoms with Gasteiger partial charge in [-0.3, -0.25) is 4.79 Å². The van der Waals surface area contributed by atoms with Gasteiger partial charge in [0.25, 0.3) is 0 Å². The quantitative estimate of drug-likeness (QED) is 0.521. The molecule has 0 aromatic heterocycles. The van der Waals surface area contributed by atoms with Crippen LogP contribution >= 0.6 is 0 Å². The minimum absolute atomic E-state index is 0.0226. The summed E-state index contributed by atoms with van der Waals surface area (Å²) in [5.74, 6) is 0.497. The van der Waals surface area contributed by atoms with E-state index in [0.29, 0.717) is 12.3 Å². The van der Waals surface area contributed by atoms with Crippen LogP contribution in [0.15, 0.2) is 0 Å². The lowest BCUT2D eigenvalue weighted by Crippen LogP contribution is -2.27. The van der Waals surface area contributed by atoms with Crippen molar-refractivity contribution in [3.63, 3.8) is 0 Å². The molecule has 1 aliphatic heterocycles. The lowest BCUT2D eigenvalue weighted by molar-refractivity contribution is -0.156. The van der Waals surface area contributed by atoms with E-state index >= 15 is 0 Å². The molecule has 1 fully saturated rings. The molecule has 0 bridgehead atoms. The van der Waals surface area contributed by atoms with E-state index in [9.17, 15) is 4.79 Å². The zero-order valence-corrected chi connectivity index (χ0v) is 6.59. The molecule has 1 rings (SSSR count). The van der Waals surface area contributed by atoms with Crippen molar-refractivity contribution in [3.8, 4) is 0 Å². The van der Waals surface area contributed by atoms with E-state index in [2.05, 4.69) is 13.8 Å². The predicted molar refractivity (Wildman–Crippen MR) is 38.6 cm³/mol. The fourth-order valence-corrected chi connectivity index (χ4v) is 1.35. The van der Waals surface area contributed by atoms with Crippen molar-refractivity contribution in [1.29, 1.82) is 0 Å². The van der Waals surface area contributed by atoms with Crippen LogP contribution in [0.1, 0.15) is 33.1 Å². The second-order valence-electron chi connectivity index (χ2n) is 3.07. The Kier molecular flexibility index (Phi) is 2.30. The Morgan fingerprint density at radius 1 is 1.70 bits per heavy atom. The summed E-state index contributed by atoms with van der Waals surface area (Å²) in [5, 5.41) is 0. The zero-order chi connectivity index (χ0) is 7.56. The van der Waals surface area contributed by atoms with E-state index in [0.717, 1.165) is 12.8 Å². The molecular formula is C8H14O2. The molecule has 0 aromatic rings. The number of hydrogen-bond acceptors (Lipinski definition) is 2. The van der Waals surface area contributed by atoms with Gasteiger partial charge in [-0.05, 0) is 18.8 Å². The van der Waals surface area contributed by atoms with E-state index in [1.54, 1.807) is 0 Å². The first kappa shape index (κ1) is 7.58. The van der Waals surface area contributed by atoms with Crippen LogP contribution in [0.3, 0.4) is 0 Å². The highest BCUT2D eigenvalue weighted by Crippen LogP contribution is 2.21. The summed E-state index contributed by atoms with van der Waals surface area (Å²) in [4.78, 5) is 10.8. The van der Waals surface area contributed by atoms with Gasteiger partial charge in [0.2, 0.25) is 0 Å². The van der Waals surface area contributed by atoms with Gasteiger partial charge < -0.3 is 4.74 Å². The average Bonchev–Trinajstić information content (AvgIpc) is 1.85. The van der Waals surface area contributed by atoms with Crippen molar-refractivity contribution in [1.82, 2.24) is 0 Å². The standard InChI is InChI=1S/C8H14O2/c1-3-7-4-6(2)5-8(9)10-7/h6-7H,3-5H2,1-2H3/t6-,7+/m1/s1. The second-order valence-corrected chi connectivity index (χ2v) is 3.07. The molecular weight excluding hydrogens is 128 g/mol. The van der Waals surface area contributed by atoms with Gasteiger partial charge in [0, 0.05) is 6.42 Å². The molecule has 0 aliphatic carbocycles. The summed E-state index contributed by atoms with van der Waals surface area (Å²) in [6.45, 7) is 4.15. The number of ether oxygens (including phenoxy) is 1. The van der Waals surface area contributed by atoms with Gasteiger partial charge in [-0.1, -0.05) is 13.8 Å². The Labute approximate surface area is 61.6 Å². The van der Waals surface area contributed by atoms with E-state index in [4.69, 9.17) is 4.74 Å². The fraction of sp³-hybridized carbons (Fsp3) is 0.875.